The van der Waals surface area contributed by atoms with E-state index in [9.17, 15) is 18.3 Å². The Labute approximate surface area is 223 Å². The second-order valence-electron chi connectivity index (χ2n) is 9.70. The molecule has 0 saturated carbocycles. The van der Waals surface area contributed by atoms with E-state index < -0.39 is 16.1 Å². The fourth-order valence-electron chi connectivity index (χ4n) is 5.11. The van der Waals surface area contributed by atoms with Crippen LogP contribution in [0, 0.1) is 5.92 Å². The first kappa shape index (κ1) is 26.4. The quantitative estimate of drug-likeness (QED) is 0.320. The summed E-state index contributed by atoms with van der Waals surface area (Å²) < 4.78 is 38.5. The summed E-state index contributed by atoms with van der Waals surface area (Å²) in [5.41, 5.74) is 2.93. The summed E-state index contributed by atoms with van der Waals surface area (Å²) in [5, 5.41) is 13.8. The van der Waals surface area contributed by atoms with Gasteiger partial charge in [-0.25, -0.2) is 8.42 Å². The Balaban J connectivity index is 1.08. The van der Waals surface area contributed by atoms with E-state index in [0.29, 0.717) is 54.7 Å². The van der Waals surface area contributed by atoms with Crippen molar-refractivity contribution in [1.82, 2.24) is 9.62 Å². The third kappa shape index (κ3) is 5.33. The number of rotatable bonds is 10. The average molecular weight is 537 g/mol. The second kappa shape index (κ2) is 11.2. The number of nitrogens with zero attached hydrogens (tertiary/aromatic N) is 1. The van der Waals surface area contributed by atoms with E-state index in [1.165, 1.54) is 4.31 Å². The largest absolute Gasteiger partial charge is 0.497 e. The molecule has 38 heavy (non-hydrogen) atoms. The highest BCUT2D eigenvalue weighted by atomic mass is 32.2. The van der Waals surface area contributed by atoms with Crippen LogP contribution in [0.3, 0.4) is 0 Å². The minimum absolute atomic E-state index is 0.00823. The van der Waals surface area contributed by atoms with Crippen molar-refractivity contribution in [2.75, 3.05) is 39.9 Å². The lowest BCUT2D eigenvalue weighted by atomic mass is 9.98. The Hall–Kier alpha value is -3.24. The van der Waals surface area contributed by atoms with Gasteiger partial charge in [0.05, 0.1) is 12.0 Å². The fourth-order valence-corrected chi connectivity index (χ4v) is 6.58. The van der Waals surface area contributed by atoms with Crippen molar-refractivity contribution in [2.24, 2.45) is 5.92 Å². The molecule has 3 aromatic carbocycles. The normalized spacial score (nSPS) is 16.6. The molecule has 8 nitrogen and oxygen atoms in total. The number of hydrogen-bond donors (Lipinski definition) is 2. The van der Waals surface area contributed by atoms with E-state index in [2.05, 4.69) is 5.32 Å². The van der Waals surface area contributed by atoms with Gasteiger partial charge in [0.1, 0.15) is 24.2 Å². The maximum absolute atomic E-state index is 12.9. The van der Waals surface area contributed by atoms with Crippen LogP contribution in [0.1, 0.15) is 28.8 Å². The van der Waals surface area contributed by atoms with Crippen LogP contribution < -0.4 is 14.8 Å². The maximum Gasteiger partial charge on any atom is 0.243 e. The number of benzene rings is 3. The minimum atomic E-state index is -3.52. The molecule has 1 aliphatic carbocycles. The lowest BCUT2D eigenvalue weighted by Gasteiger charge is -2.31. The van der Waals surface area contributed by atoms with Crippen LogP contribution >= 0.6 is 0 Å². The third-order valence-electron chi connectivity index (χ3n) is 7.23. The molecule has 200 valence electrons. The van der Waals surface area contributed by atoms with Crippen molar-refractivity contribution in [2.45, 2.75) is 23.8 Å². The van der Waals surface area contributed by atoms with Crippen molar-refractivity contribution in [3.63, 3.8) is 0 Å². The van der Waals surface area contributed by atoms with Crippen LogP contribution in [0.4, 0.5) is 0 Å². The van der Waals surface area contributed by atoms with E-state index in [4.69, 9.17) is 9.47 Å². The molecule has 1 aliphatic heterocycles. The lowest BCUT2D eigenvalue weighted by Crippen LogP contribution is -2.42. The van der Waals surface area contributed by atoms with Crippen molar-refractivity contribution in [1.29, 1.82) is 0 Å². The molecule has 0 radical (unpaired) electrons. The van der Waals surface area contributed by atoms with Gasteiger partial charge in [-0.2, -0.15) is 4.31 Å². The summed E-state index contributed by atoms with van der Waals surface area (Å²) in [6.07, 6.45) is 0.769. The first-order chi connectivity index (χ1) is 18.4. The molecule has 1 heterocycles. The highest BCUT2D eigenvalue weighted by Gasteiger charge is 2.30. The standard InChI is InChI=1S/C29H32N2O6S/c1-36-22-9-11-23(12-10-22)38(34,35)31-15-13-20(14-16-31)17-30-18-21(32)19-37-27-8-4-7-26-28(27)24-5-2-3-6-25(24)29(26)33/h2-12,20-21,30,32H,13-19H2,1H3. The topological polar surface area (TPSA) is 105 Å². The second-order valence-corrected chi connectivity index (χ2v) is 11.6. The van der Waals surface area contributed by atoms with Gasteiger partial charge in [-0.3, -0.25) is 4.79 Å². The summed E-state index contributed by atoms with van der Waals surface area (Å²) in [6.45, 7) is 2.07. The number of nitrogens with one attached hydrogen (secondary N) is 1. The monoisotopic (exact) mass is 536 g/mol. The molecule has 9 heteroatoms. The fraction of sp³-hybridized carbons (Fsp3) is 0.345. The molecule has 1 atom stereocenters. The summed E-state index contributed by atoms with van der Waals surface area (Å²) in [6, 6.07) is 19.4. The van der Waals surface area contributed by atoms with Crippen LogP contribution in [0.25, 0.3) is 11.1 Å². The number of piperidine rings is 1. The molecule has 0 bridgehead atoms. The van der Waals surface area contributed by atoms with Gasteiger partial charge in [-0.15, -0.1) is 0 Å². The number of fused-ring (bicyclic) bond motifs is 3. The van der Waals surface area contributed by atoms with E-state index >= 15 is 0 Å². The molecule has 1 saturated heterocycles. The van der Waals surface area contributed by atoms with E-state index in [1.54, 1.807) is 43.5 Å². The average Bonchev–Trinajstić information content (AvgIpc) is 3.24. The van der Waals surface area contributed by atoms with Crippen LogP contribution in [0.2, 0.25) is 0 Å². The van der Waals surface area contributed by atoms with E-state index in [1.807, 2.05) is 30.3 Å². The van der Waals surface area contributed by atoms with Crippen LogP contribution in [0.5, 0.6) is 11.5 Å². The van der Waals surface area contributed by atoms with Crippen molar-refractivity contribution in [3.8, 4) is 22.6 Å². The summed E-state index contributed by atoms with van der Waals surface area (Å²) in [5.74, 6) is 1.52. The number of carbonyl (C=O) groups excluding carboxylic acids is 1. The summed E-state index contributed by atoms with van der Waals surface area (Å²) >= 11 is 0. The number of ether oxygens (including phenoxy) is 2. The Morgan fingerprint density at radius 2 is 1.66 bits per heavy atom. The third-order valence-corrected chi connectivity index (χ3v) is 9.14. The molecule has 1 fully saturated rings. The molecule has 2 aliphatic rings. The van der Waals surface area contributed by atoms with Gasteiger partial charge in [-0.1, -0.05) is 36.4 Å². The predicted molar refractivity (Wildman–Crippen MR) is 144 cm³/mol. The van der Waals surface area contributed by atoms with Gasteiger partial charge in [-0.05, 0) is 61.2 Å². The first-order valence-electron chi connectivity index (χ1n) is 12.8. The molecule has 5 rings (SSSR count). The summed E-state index contributed by atoms with van der Waals surface area (Å²) in [4.78, 5) is 13.0. The highest BCUT2D eigenvalue weighted by Crippen LogP contribution is 2.42. The SMILES string of the molecule is COc1ccc(S(=O)(=O)N2CCC(CNCC(O)COc3cccc4c3-c3ccccc3C4=O)CC2)cc1. The molecular weight excluding hydrogens is 504 g/mol. The van der Waals surface area contributed by atoms with Crippen LogP contribution in [-0.4, -0.2) is 69.6 Å². The molecule has 0 amide bonds. The van der Waals surface area contributed by atoms with E-state index in [-0.39, 0.29) is 17.3 Å². The zero-order valence-electron chi connectivity index (χ0n) is 21.3. The summed E-state index contributed by atoms with van der Waals surface area (Å²) in [7, 11) is -1.98. The molecule has 0 aromatic heterocycles. The highest BCUT2D eigenvalue weighted by molar-refractivity contribution is 7.89. The Bertz CT molecular complexity index is 1400. The Morgan fingerprint density at radius 3 is 2.37 bits per heavy atom. The Morgan fingerprint density at radius 1 is 0.974 bits per heavy atom. The number of carbonyl (C=O) groups is 1. The molecular formula is C29H32N2O6S. The Kier molecular flexibility index (Phi) is 7.80. The first-order valence-corrected chi connectivity index (χ1v) is 14.3. The molecule has 3 aromatic rings. The van der Waals surface area contributed by atoms with Crippen LogP contribution in [-0.2, 0) is 10.0 Å². The molecule has 2 N–H and O–H groups in total. The van der Waals surface area contributed by atoms with Gasteiger partial charge in [0, 0.05) is 36.3 Å². The number of aliphatic hydroxyl groups excluding tert-OH is 1. The van der Waals surface area contributed by atoms with Crippen molar-refractivity contribution in [3.05, 3.63) is 77.9 Å². The lowest BCUT2D eigenvalue weighted by molar-refractivity contribution is 0.103. The van der Waals surface area contributed by atoms with Crippen LogP contribution in [0.15, 0.2) is 71.6 Å². The van der Waals surface area contributed by atoms with Gasteiger partial charge < -0.3 is 19.9 Å². The number of aliphatic hydroxyl groups is 1. The number of ketones is 1. The zero-order chi connectivity index (χ0) is 26.7. The van der Waals surface area contributed by atoms with Gasteiger partial charge in [0.15, 0.2) is 5.78 Å². The van der Waals surface area contributed by atoms with Gasteiger partial charge >= 0.3 is 0 Å². The van der Waals surface area contributed by atoms with E-state index in [0.717, 1.165) is 24.0 Å². The predicted octanol–water partition coefficient (Wildman–Crippen LogP) is 3.34. The maximum atomic E-state index is 12.9. The van der Waals surface area contributed by atoms with Gasteiger partial charge in [0.2, 0.25) is 10.0 Å². The smallest absolute Gasteiger partial charge is 0.243 e. The number of sulfonamides is 1. The number of methoxy groups -OCH3 is 1. The van der Waals surface area contributed by atoms with Gasteiger partial charge in [0.25, 0.3) is 0 Å². The minimum Gasteiger partial charge on any atom is -0.497 e. The molecule has 1 unspecified atom stereocenters. The van der Waals surface area contributed by atoms with Crippen molar-refractivity contribution < 1.29 is 27.8 Å². The zero-order valence-corrected chi connectivity index (χ0v) is 22.1. The van der Waals surface area contributed by atoms with Crippen molar-refractivity contribution >= 4 is 15.8 Å². The molecule has 0 spiro atoms. The number of hydrogen-bond acceptors (Lipinski definition) is 7.